The van der Waals surface area contributed by atoms with Crippen LogP contribution in [-0.2, 0) is 9.53 Å². The molecule has 0 spiro atoms. The molecule has 0 atom stereocenters. The normalized spacial score (nSPS) is 10.7. The molecule has 0 aliphatic heterocycles. The minimum atomic E-state index is -0.501. The lowest BCUT2D eigenvalue weighted by molar-refractivity contribution is -0.111. The Morgan fingerprint density at radius 2 is 1.74 bits per heavy atom. The largest absolute Gasteiger partial charge is 0.497 e. The van der Waals surface area contributed by atoms with Crippen molar-refractivity contribution in [2.75, 3.05) is 26.6 Å². The monoisotopic (exact) mass is 437 g/mol. The number of rotatable bonds is 7. The van der Waals surface area contributed by atoms with Crippen molar-refractivity contribution in [2.24, 2.45) is 0 Å². The molecule has 1 aromatic heterocycles. The quantitative estimate of drug-likeness (QED) is 0.407. The van der Waals surface area contributed by atoms with Gasteiger partial charge in [0.15, 0.2) is 0 Å². The number of carbonyl (C=O) groups is 2. The standard InChI is InChI=1S/C24H23NO5S/c1-15-21(17-8-6-5-7-9-17)22(24(27)30-4)23(31-15)25-20(26)13-11-16-10-12-18(28-2)14-19(16)29-3/h5-14H,1-4H3,(H,25,26)/b13-11+. The molecule has 160 valence electrons. The number of hydrogen-bond acceptors (Lipinski definition) is 6. The van der Waals surface area contributed by atoms with E-state index in [1.807, 2.05) is 37.3 Å². The molecule has 3 rings (SSSR count). The molecule has 3 aromatic rings. The third kappa shape index (κ3) is 4.95. The molecule has 1 amide bonds. The maximum absolute atomic E-state index is 12.6. The molecule has 6 nitrogen and oxygen atoms in total. The van der Waals surface area contributed by atoms with Gasteiger partial charge in [0.05, 0.1) is 21.3 Å². The molecule has 0 fully saturated rings. The summed E-state index contributed by atoms with van der Waals surface area (Å²) in [6.45, 7) is 1.91. The molecule has 2 aromatic carbocycles. The van der Waals surface area contributed by atoms with Crippen LogP contribution in [-0.4, -0.2) is 33.2 Å². The summed E-state index contributed by atoms with van der Waals surface area (Å²) in [6.07, 6.45) is 3.03. The molecular formula is C24H23NO5S. The average Bonchev–Trinajstić information content (AvgIpc) is 3.12. The zero-order chi connectivity index (χ0) is 22.4. The first-order valence-electron chi connectivity index (χ1n) is 9.46. The Bertz CT molecular complexity index is 1120. The molecule has 0 saturated carbocycles. The van der Waals surface area contributed by atoms with Gasteiger partial charge in [0, 0.05) is 28.1 Å². The fourth-order valence-electron chi connectivity index (χ4n) is 3.16. The number of aryl methyl sites for hydroxylation is 1. The number of benzene rings is 2. The van der Waals surface area contributed by atoms with Crippen LogP contribution in [0, 0.1) is 6.92 Å². The first-order valence-corrected chi connectivity index (χ1v) is 10.3. The topological polar surface area (TPSA) is 73.9 Å². The van der Waals surface area contributed by atoms with Crippen LogP contribution in [0.1, 0.15) is 20.8 Å². The van der Waals surface area contributed by atoms with Gasteiger partial charge in [-0.15, -0.1) is 11.3 Å². The van der Waals surface area contributed by atoms with Gasteiger partial charge in [0.25, 0.3) is 0 Å². The molecule has 1 heterocycles. The van der Waals surface area contributed by atoms with Gasteiger partial charge in [0.2, 0.25) is 5.91 Å². The minimum absolute atomic E-state index is 0.347. The van der Waals surface area contributed by atoms with E-state index >= 15 is 0 Å². The van der Waals surface area contributed by atoms with E-state index in [4.69, 9.17) is 14.2 Å². The zero-order valence-corrected chi connectivity index (χ0v) is 18.5. The maximum atomic E-state index is 12.6. The van der Waals surface area contributed by atoms with Crippen LogP contribution in [0.5, 0.6) is 11.5 Å². The van der Waals surface area contributed by atoms with Crippen LogP contribution in [0.2, 0.25) is 0 Å². The summed E-state index contributed by atoms with van der Waals surface area (Å²) in [6, 6.07) is 14.9. The van der Waals surface area contributed by atoms with E-state index in [-0.39, 0.29) is 5.91 Å². The lowest BCUT2D eigenvalue weighted by atomic mass is 10.0. The first-order chi connectivity index (χ1) is 15.0. The van der Waals surface area contributed by atoms with Crippen LogP contribution in [0.25, 0.3) is 17.2 Å². The van der Waals surface area contributed by atoms with Crippen molar-refractivity contribution >= 4 is 34.3 Å². The van der Waals surface area contributed by atoms with Crippen LogP contribution in [0.3, 0.4) is 0 Å². The Morgan fingerprint density at radius 1 is 1.00 bits per heavy atom. The molecule has 0 aliphatic carbocycles. The lowest BCUT2D eigenvalue weighted by Crippen LogP contribution is -2.11. The second-order valence-corrected chi connectivity index (χ2v) is 7.75. The number of methoxy groups -OCH3 is 3. The van der Waals surface area contributed by atoms with Crippen LogP contribution in [0.4, 0.5) is 5.00 Å². The number of thiophene rings is 1. The number of esters is 1. The van der Waals surface area contributed by atoms with E-state index in [9.17, 15) is 9.59 Å². The van der Waals surface area contributed by atoms with Crippen LogP contribution >= 0.6 is 11.3 Å². The Morgan fingerprint density at radius 3 is 2.39 bits per heavy atom. The maximum Gasteiger partial charge on any atom is 0.341 e. The number of hydrogen-bond donors (Lipinski definition) is 1. The van der Waals surface area contributed by atoms with E-state index in [0.717, 1.165) is 21.6 Å². The average molecular weight is 438 g/mol. The van der Waals surface area contributed by atoms with Gasteiger partial charge >= 0.3 is 5.97 Å². The third-order valence-corrected chi connectivity index (χ3v) is 5.65. The summed E-state index contributed by atoms with van der Waals surface area (Å²) in [5.74, 6) is 0.365. The highest BCUT2D eigenvalue weighted by Crippen LogP contribution is 2.40. The Balaban J connectivity index is 1.90. The first kappa shape index (κ1) is 22.1. The highest BCUT2D eigenvalue weighted by molar-refractivity contribution is 7.17. The Labute approximate surface area is 185 Å². The van der Waals surface area contributed by atoms with E-state index in [0.29, 0.717) is 22.1 Å². The zero-order valence-electron chi connectivity index (χ0n) is 17.7. The molecule has 0 saturated heterocycles. The van der Waals surface area contributed by atoms with Crippen molar-refractivity contribution in [3.63, 3.8) is 0 Å². The van der Waals surface area contributed by atoms with Gasteiger partial charge in [-0.3, -0.25) is 4.79 Å². The fourth-order valence-corrected chi connectivity index (χ4v) is 4.22. The number of carbonyl (C=O) groups excluding carboxylic acids is 2. The van der Waals surface area contributed by atoms with Crippen molar-refractivity contribution in [2.45, 2.75) is 6.92 Å². The predicted molar refractivity (Wildman–Crippen MR) is 123 cm³/mol. The predicted octanol–water partition coefficient (Wildman–Crippen LogP) is 5.18. The summed E-state index contributed by atoms with van der Waals surface area (Å²) in [4.78, 5) is 26.1. The summed E-state index contributed by atoms with van der Waals surface area (Å²) < 4.78 is 15.5. The Hall–Kier alpha value is -3.58. The van der Waals surface area contributed by atoms with Crippen molar-refractivity contribution in [3.8, 4) is 22.6 Å². The number of ether oxygens (including phenoxy) is 3. The van der Waals surface area contributed by atoms with E-state index in [1.165, 1.54) is 24.5 Å². The second kappa shape index (κ2) is 9.95. The van der Waals surface area contributed by atoms with Crippen molar-refractivity contribution in [1.82, 2.24) is 0 Å². The van der Waals surface area contributed by atoms with Gasteiger partial charge in [0.1, 0.15) is 22.1 Å². The second-order valence-electron chi connectivity index (χ2n) is 6.53. The summed E-state index contributed by atoms with van der Waals surface area (Å²) in [7, 11) is 4.45. The summed E-state index contributed by atoms with van der Waals surface area (Å²) in [5, 5.41) is 3.26. The SMILES string of the molecule is COC(=O)c1c(NC(=O)/C=C/c2ccc(OC)cc2OC)sc(C)c1-c1ccccc1. The Kier molecular flexibility index (Phi) is 7.10. The van der Waals surface area contributed by atoms with Gasteiger partial charge in [-0.25, -0.2) is 4.79 Å². The summed E-state index contributed by atoms with van der Waals surface area (Å²) >= 11 is 1.33. The molecule has 0 aliphatic rings. The number of anilines is 1. The fraction of sp³-hybridized carbons (Fsp3) is 0.167. The van der Waals surface area contributed by atoms with Gasteiger partial charge in [-0.1, -0.05) is 30.3 Å². The van der Waals surface area contributed by atoms with Gasteiger partial charge in [-0.05, 0) is 30.7 Å². The molecule has 0 radical (unpaired) electrons. The van der Waals surface area contributed by atoms with E-state index < -0.39 is 5.97 Å². The smallest absolute Gasteiger partial charge is 0.341 e. The van der Waals surface area contributed by atoms with Crippen LogP contribution in [0.15, 0.2) is 54.6 Å². The van der Waals surface area contributed by atoms with Crippen molar-refractivity contribution < 1.29 is 23.8 Å². The third-order valence-electron chi connectivity index (χ3n) is 4.63. The molecule has 31 heavy (non-hydrogen) atoms. The van der Waals surface area contributed by atoms with Crippen molar-refractivity contribution in [1.29, 1.82) is 0 Å². The van der Waals surface area contributed by atoms with Gasteiger partial charge in [-0.2, -0.15) is 0 Å². The minimum Gasteiger partial charge on any atom is -0.497 e. The molecule has 0 unspecified atom stereocenters. The molecular weight excluding hydrogens is 414 g/mol. The number of nitrogens with one attached hydrogen (secondary N) is 1. The lowest BCUT2D eigenvalue weighted by Gasteiger charge is -2.08. The van der Waals surface area contributed by atoms with E-state index in [2.05, 4.69) is 5.32 Å². The van der Waals surface area contributed by atoms with Gasteiger partial charge < -0.3 is 19.5 Å². The van der Waals surface area contributed by atoms with E-state index in [1.54, 1.807) is 38.5 Å². The molecule has 1 N–H and O–H groups in total. The molecule has 0 bridgehead atoms. The van der Waals surface area contributed by atoms with Crippen LogP contribution < -0.4 is 14.8 Å². The van der Waals surface area contributed by atoms with Crippen molar-refractivity contribution in [3.05, 3.63) is 70.6 Å². The highest BCUT2D eigenvalue weighted by Gasteiger charge is 2.24. The number of amides is 1. The molecule has 7 heteroatoms. The summed E-state index contributed by atoms with van der Waals surface area (Å²) in [5.41, 5.74) is 2.71. The highest BCUT2D eigenvalue weighted by atomic mass is 32.1.